The lowest BCUT2D eigenvalue weighted by atomic mass is 10.0. The zero-order valence-corrected chi connectivity index (χ0v) is 13.1. The average molecular weight is 277 g/mol. The van der Waals surface area contributed by atoms with Gasteiger partial charge in [-0.15, -0.1) is 0 Å². The van der Waals surface area contributed by atoms with Gasteiger partial charge in [0.1, 0.15) is 5.75 Å². The number of benzene rings is 1. The maximum absolute atomic E-state index is 5.53. The van der Waals surface area contributed by atoms with Crippen LogP contribution in [0.5, 0.6) is 5.75 Å². The summed E-state index contributed by atoms with van der Waals surface area (Å²) in [6.07, 6.45) is 4.03. The molecule has 2 rings (SSSR count). The van der Waals surface area contributed by atoms with Crippen molar-refractivity contribution >= 4 is 0 Å². The van der Waals surface area contributed by atoms with Gasteiger partial charge in [0.15, 0.2) is 0 Å². The minimum Gasteiger partial charge on any atom is -0.496 e. The van der Waals surface area contributed by atoms with Crippen molar-refractivity contribution in [3.63, 3.8) is 0 Å². The molecule has 3 nitrogen and oxygen atoms in total. The third kappa shape index (κ3) is 3.97. The van der Waals surface area contributed by atoms with Crippen molar-refractivity contribution in [1.29, 1.82) is 0 Å². The molecule has 1 aliphatic heterocycles. The summed E-state index contributed by atoms with van der Waals surface area (Å²) in [6, 6.07) is 4.38. The average Bonchev–Trinajstić information content (AvgIpc) is 2.49. The van der Waals surface area contributed by atoms with Gasteiger partial charge in [-0.3, -0.25) is 4.90 Å². The van der Waals surface area contributed by atoms with Gasteiger partial charge < -0.3 is 9.47 Å². The predicted molar refractivity (Wildman–Crippen MR) is 82.2 cm³/mol. The highest BCUT2D eigenvalue weighted by molar-refractivity contribution is 5.43. The van der Waals surface area contributed by atoms with Crippen LogP contribution in [0.1, 0.15) is 42.9 Å². The normalized spacial score (nSPS) is 16.4. The van der Waals surface area contributed by atoms with Crippen LogP contribution in [0.2, 0.25) is 0 Å². The quantitative estimate of drug-likeness (QED) is 0.794. The van der Waals surface area contributed by atoms with Crippen LogP contribution in [0.15, 0.2) is 12.1 Å². The number of piperidine rings is 1. The number of rotatable bonds is 6. The van der Waals surface area contributed by atoms with E-state index >= 15 is 0 Å². The number of hydrogen-bond donors (Lipinski definition) is 0. The standard InChI is InChI=1S/C17H27NO2/c1-4-20-13-15-10-16(14(2)17(11-15)19-3)12-18-8-6-5-7-9-18/h10-11H,4-9,12-13H2,1-3H3. The maximum atomic E-state index is 5.53. The van der Waals surface area contributed by atoms with Gasteiger partial charge >= 0.3 is 0 Å². The fourth-order valence-electron chi connectivity index (χ4n) is 2.85. The Morgan fingerprint density at radius 3 is 2.55 bits per heavy atom. The Labute approximate surface area is 122 Å². The first kappa shape index (κ1) is 15.3. The highest BCUT2D eigenvalue weighted by Crippen LogP contribution is 2.26. The lowest BCUT2D eigenvalue weighted by Gasteiger charge is -2.27. The Bertz CT molecular complexity index is 425. The van der Waals surface area contributed by atoms with Crippen LogP contribution >= 0.6 is 0 Å². The van der Waals surface area contributed by atoms with Crippen molar-refractivity contribution < 1.29 is 9.47 Å². The molecule has 3 heteroatoms. The Hall–Kier alpha value is -1.06. The highest BCUT2D eigenvalue weighted by atomic mass is 16.5. The second kappa shape index (κ2) is 7.65. The summed E-state index contributed by atoms with van der Waals surface area (Å²) in [7, 11) is 1.75. The van der Waals surface area contributed by atoms with Gasteiger partial charge in [0.2, 0.25) is 0 Å². The largest absolute Gasteiger partial charge is 0.496 e. The lowest BCUT2D eigenvalue weighted by molar-refractivity contribution is 0.133. The summed E-state index contributed by atoms with van der Waals surface area (Å²) >= 11 is 0. The number of methoxy groups -OCH3 is 1. The molecular formula is C17H27NO2. The Morgan fingerprint density at radius 1 is 1.15 bits per heavy atom. The summed E-state index contributed by atoms with van der Waals surface area (Å²) in [6.45, 7) is 9.07. The smallest absolute Gasteiger partial charge is 0.122 e. The monoisotopic (exact) mass is 277 g/mol. The molecule has 1 heterocycles. The number of hydrogen-bond acceptors (Lipinski definition) is 3. The Morgan fingerprint density at radius 2 is 1.90 bits per heavy atom. The van der Waals surface area contributed by atoms with E-state index in [0.717, 1.165) is 18.9 Å². The number of nitrogens with zero attached hydrogens (tertiary/aromatic N) is 1. The Kier molecular flexibility index (Phi) is 5.86. The fraction of sp³-hybridized carbons (Fsp3) is 0.647. The molecule has 1 aliphatic rings. The van der Waals surface area contributed by atoms with Crippen LogP contribution in [0.25, 0.3) is 0 Å². The van der Waals surface area contributed by atoms with Crippen LogP contribution in [0.4, 0.5) is 0 Å². The Balaban J connectivity index is 2.15. The molecule has 0 saturated carbocycles. The SMILES string of the molecule is CCOCc1cc(CN2CCCCC2)c(C)c(OC)c1. The summed E-state index contributed by atoms with van der Waals surface area (Å²) in [5.41, 5.74) is 3.85. The van der Waals surface area contributed by atoms with Crippen LogP contribution in [-0.4, -0.2) is 31.7 Å². The fourth-order valence-corrected chi connectivity index (χ4v) is 2.85. The van der Waals surface area contributed by atoms with Gasteiger partial charge in [-0.05, 0) is 62.5 Å². The van der Waals surface area contributed by atoms with Crippen molar-refractivity contribution in [2.45, 2.75) is 46.3 Å². The van der Waals surface area contributed by atoms with E-state index in [1.165, 1.54) is 49.0 Å². The van der Waals surface area contributed by atoms with E-state index in [4.69, 9.17) is 9.47 Å². The third-order valence-electron chi connectivity index (χ3n) is 4.06. The van der Waals surface area contributed by atoms with Crippen molar-refractivity contribution in [2.75, 3.05) is 26.8 Å². The van der Waals surface area contributed by atoms with Gasteiger partial charge in [-0.2, -0.15) is 0 Å². The van der Waals surface area contributed by atoms with Crippen molar-refractivity contribution in [2.24, 2.45) is 0 Å². The van der Waals surface area contributed by atoms with Gasteiger partial charge in [0.25, 0.3) is 0 Å². The zero-order chi connectivity index (χ0) is 14.4. The van der Waals surface area contributed by atoms with Crippen LogP contribution < -0.4 is 4.74 Å². The van der Waals surface area contributed by atoms with E-state index < -0.39 is 0 Å². The third-order valence-corrected chi connectivity index (χ3v) is 4.06. The molecule has 0 unspecified atom stereocenters. The molecule has 0 aromatic heterocycles. The summed E-state index contributed by atoms with van der Waals surface area (Å²) < 4.78 is 11.1. The molecule has 112 valence electrons. The van der Waals surface area contributed by atoms with E-state index in [-0.39, 0.29) is 0 Å². The minimum atomic E-state index is 0.667. The van der Waals surface area contributed by atoms with Gasteiger partial charge in [0, 0.05) is 13.2 Å². The van der Waals surface area contributed by atoms with E-state index in [1.54, 1.807) is 7.11 Å². The van der Waals surface area contributed by atoms with Gasteiger partial charge in [0.05, 0.1) is 13.7 Å². The molecule has 0 bridgehead atoms. The van der Waals surface area contributed by atoms with Gasteiger partial charge in [-0.1, -0.05) is 12.5 Å². The molecule has 0 spiro atoms. The number of likely N-dealkylation sites (tertiary alicyclic amines) is 1. The molecular weight excluding hydrogens is 250 g/mol. The molecule has 0 amide bonds. The van der Waals surface area contributed by atoms with Gasteiger partial charge in [-0.25, -0.2) is 0 Å². The van der Waals surface area contributed by atoms with Crippen LogP contribution in [0.3, 0.4) is 0 Å². The maximum Gasteiger partial charge on any atom is 0.122 e. The second-order valence-corrected chi connectivity index (χ2v) is 5.56. The van der Waals surface area contributed by atoms with E-state index in [1.807, 2.05) is 6.92 Å². The first-order chi connectivity index (χ1) is 9.74. The van der Waals surface area contributed by atoms with Crippen molar-refractivity contribution in [1.82, 2.24) is 4.90 Å². The predicted octanol–water partition coefficient (Wildman–Crippen LogP) is 3.53. The molecule has 0 N–H and O–H groups in total. The molecule has 1 saturated heterocycles. The van der Waals surface area contributed by atoms with Crippen molar-refractivity contribution in [3.8, 4) is 5.75 Å². The molecule has 1 fully saturated rings. The lowest BCUT2D eigenvalue weighted by Crippen LogP contribution is -2.29. The first-order valence-electron chi connectivity index (χ1n) is 7.71. The van der Waals surface area contributed by atoms with E-state index in [0.29, 0.717) is 6.61 Å². The summed E-state index contributed by atoms with van der Waals surface area (Å²) in [4.78, 5) is 2.55. The molecule has 0 radical (unpaired) electrons. The topological polar surface area (TPSA) is 21.7 Å². The second-order valence-electron chi connectivity index (χ2n) is 5.56. The summed E-state index contributed by atoms with van der Waals surface area (Å²) in [5, 5.41) is 0. The molecule has 20 heavy (non-hydrogen) atoms. The van der Waals surface area contributed by atoms with Crippen molar-refractivity contribution in [3.05, 3.63) is 28.8 Å². The first-order valence-corrected chi connectivity index (χ1v) is 7.71. The zero-order valence-electron chi connectivity index (χ0n) is 13.1. The highest BCUT2D eigenvalue weighted by Gasteiger charge is 2.14. The van der Waals surface area contributed by atoms with Crippen LogP contribution in [0, 0.1) is 6.92 Å². The number of ether oxygens (including phenoxy) is 2. The molecule has 0 atom stereocenters. The van der Waals surface area contributed by atoms with E-state index in [9.17, 15) is 0 Å². The molecule has 1 aromatic carbocycles. The van der Waals surface area contributed by atoms with E-state index in [2.05, 4.69) is 24.0 Å². The molecule has 1 aromatic rings. The molecule has 0 aliphatic carbocycles. The summed E-state index contributed by atoms with van der Waals surface area (Å²) in [5.74, 6) is 0.981. The van der Waals surface area contributed by atoms with Crippen LogP contribution in [-0.2, 0) is 17.9 Å². The minimum absolute atomic E-state index is 0.667.